The lowest BCUT2D eigenvalue weighted by molar-refractivity contribution is -0.117. The second-order valence-electron chi connectivity index (χ2n) is 7.26. The van der Waals surface area contributed by atoms with E-state index in [1.165, 1.54) is 5.56 Å². The van der Waals surface area contributed by atoms with Crippen molar-refractivity contribution in [2.75, 3.05) is 51.2 Å². The Labute approximate surface area is 172 Å². The zero-order valence-corrected chi connectivity index (χ0v) is 17.3. The van der Waals surface area contributed by atoms with Gasteiger partial charge in [0.2, 0.25) is 5.91 Å². The van der Waals surface area contributed by atoms with Gasteiger partial charge < -0.3 is 10.1 Å². The van der Waals surface area contributed by atoms with Crippen molar-refractivity contribution in [2.45, 2.75) is 13.8 Å². The Morgan fingerprint density at radius 2 is 1.79 bits per heavy atom. The summed E-state index contributed by atoms with van der Waals surface area (Å²) in [4.78, 5) is 16.9. The molecule has 1 fully saturated rings. The van der Waals surface area contributed by atoms with Crippen molar-refractivity contribution in [3.8, 4) is 5.75 Å². The van der Waals surface area contributed by atoms with Crippen LogP contribution in [0.15, 0.2) is 42.5 Å². The van der Waals surface area contributed by atoms with E-state index in [4.69, 9.17) is 16.3 Å². The Morgan fingerprint density at radius 1 is 1.07 bits per heavy atom. The van der Waals surface area contributed by atoms with Crippen LogP contribution >= 0.6 is 11.6 Å². The van der Waals surface area contributed by atoms with Crippen molar-refractivity contribution in [3.05, 3.63) is 58.6 Å². The Hall–Kier alpha value is -2.08. The number of piperazine rings is 1. The van der Waals surface area contributed by atoms with Crippen molar-refractivity contribution in [1.82, 2.24) is 9.80 Å². The summed E-state index contributed by atoms with van der Waals surface area (Å²) in [6, 6.07) is 13.6. The maximum atomic E-state index is 12.4. The van der Waals surface area contributed by atoms with Gasteiger partial charge in [0, 0.05) is 38.4 Å². The van der Waals surface area contributed by atoms with Gasteiger partial charge in [-0.1, -0.05) is 41.4 Å². The van der Waals surface area contributed by atoms with E-state index in [9.17, 15) is 4.79 Å². The molecule has 3 rings (SSSR count). The van der Waals surface area contributed by atoms with Gasteiger partial charge in [-0.3, -0.25) is 14.6 Å². The van der Waals surface area contributed by atoms with Gasteiger partial charge in [-0.2, -0.15) is 0 Å². The average Bonchev–Trinajstić information content (AvgIpc) is 2.67. The number of carbonyl (C=O) groups excluding carboxylic acids is 1. The highest BCUT2D eigenvalue weighted by Crippen LogP contribution is 2.23. The Kier molecular flexibility index (Phi) is 7.31. The highest BCUT2D eigenvalue weighted by Gasteiger charge is 2.19. The molecule has 0 aliphatic carbocycles. The van der Waals surface area contributed by atoms with Crippen LogP contribution in [0.25, 0.3) is 0 Å². The zero-order valence-electron chi connectivity index (χ0n) is 16.6. The third kappa shape index (κ3) is 5.96. The maximum absolute atomic E-state index is 12.4. The van der Waals surface area contributed by atoms with Gasteiger partial charge in [-0.05, 0) is 37.6 Å². The Balaban J connectivity index is 1.36. The number of aryl methyl sites for hydroxylation is 2. The zero-order chi connectivity index (χ0) is 19.9. The van der Waals surface area contributed by atoms with Crippen LogP contribution in [0.3, 0.4) is 0 Å². The average molecular weight is 402 g/mol. The molecule has 0 unspecified atom stereocenters. The molecule has 2 aromatic carbocycles. The van der Waals surface area contributed by atoms with Crippen LogP contribution in [-0.2, 0) is 4.79 Å². The standard InChI is InChI=1S/C22H28ClN3O2/c1-17-7-8-20(18(2)15-17)24-22(27)16-26-11-9-25(10-12-26)13-14-28-21-6-4-3-5-19(21)23/h3-8,15H,9-14,16H2,1-2H3,(H,24,27). The number of benzene rings is 2. The molecule has 0 aromatic heterocycles. The van der Waals surface area contributed by atoms with Crippen LogP contribution in [-0.4, -0.2) is 61.6 Å². The first-order valence-electron chi connectivity index (χ1n) is 9.70. The molecule has 6 heteroatoms. The topological polar surface area (TPSA) is 44.8 Å². The van der Waals surface area contributed by atoms with Gasteiger partial charge in [-0.25, -0.2) is 0 Å². The van der Waals surface area contributed by atoms with E-state index >= 15 is 0 Å². The molecule has 0 radical (unpaired) electrons. The van der Waals surface area contributed by atoms with E-state index in [0.717, 1.165) is 49.7 Å². The predicted molar refractivity (Wildman–Crippen MR) is 114 cm³/mol. The Bertz CT molecular complexity index is 804. The fourth-order valence-corrected chi connectivity index (χ4v) is 3.55. The van der Waals surface area contributed by atoms with Crippen molar-refractivity contribution >= 4 is 23.2 Å². The van der Waals surface area contributed by atoms with Crippen LogP contribution in [0.2, 0.25) is 5.02 Å². The molecule has 0 saturated carbocycles. The van der Waals surface area contributed by atoms with E-state index in [-0.39, 0.29) is 5.91 Å². The van der Waals surface area contributed by atoms with E-state index in [0.29, 0.717) is 18.2 Å². The lowest BCUT2D eigenvalue weighted by Crippen LogP contribution is -2.49. The van der Waals surface area contributed by atoms with Crippen molar-refractivity contribution < 1.29 is 9.53 Å². The normalized spacial score (nSPS) is 15.4. The molecule has 0 spiro atoms. The minimum atomic E-state index is 0.0439. The summed E-state index contributed by atoms with van der Waals surface area (Å²) in [6.07, 6.45) is 0. The molecule has 0 bridgehead atoms. The second kappa shape index (κ2) is 9.92. The summed E-state index contributed by atoms with van der Waals surface area (Å²) in [5, 5.41) is 3.67. The van der Waals surface area contributed by atoms with Crippen molar-refractivity contribution in [3.63, 3.8) is 0 Å². The highest BCUT2D eigenvalue weighted by molar-refractivity contribution is 6.32. The number of amides is 1. The summed E-state index contributed by atoms with van der Waals surface area (Å²) in [6.45, 7) is 9.59. The summed E-state index contributed by atoms with van der Waals surface area (Å²) < 4.78 is 5.77. The van der Waals surface area contributed by atoms with Crippen molar-refractivity contribution in [2.24, 2.45) is 0 Å². The van der Waals surface area contributed by atoms with Gasteiger partial charge >= 0.3 is 0 Å². The summed E-state index contributed by atoms with van der Waals surface area (Å²) in [5.74, 6) is 0.772. The SMILES string of the molecule is Cc1ccc(NC(=O)CN2CCN(CCOc3ccccc3Cl)CC2)c(C)c1. The third-order valence-corrected chi connectivity index (χ3v) is 5.30. The molecule has 150 valence electrons. The molecular formula is C22H28ClN3O2. The maximum Gasteiger partial charge on any atom is 0.238 e. The van der Waals surface area contributed by atoms with Crippen LogP contribution in [0.1, 0.15) is 11.1 Å². The molecule has 1 amide bonds. The molecule has 1 aliphatic heterocycles. The quantitative estimate of drug-likeness (QED) is 0.770. The summed E-state index contributed by atoms with van der Waals surface area (Å²) in [5.41, 5.74) is 3.19. The number of hydrogen-bond acceptors (Lipinski definition) is 4. The molecular weight excluding hydrogens is 374 g/mol. The second-order valence-corrected chi connectivity index (χ2v) is 7.67. The minimum Gasteiger partial charge on any atom is -0.491 e. The van der Waals surface area contributed by atoms with Crippen LogP contribution in [0.5, 0.6) is 5.75 Å². The summed E-state index contributed by atoms with van der Waals surface area (Å²) >= 11 is 6.11. The molecule has 1 saturated heterocycles. The van der Waals surface area contributed by atoms with Gasteiger partial charge in [0.1, 0.15) is 12.4 Å². The van der Waals surface area contributed by atoms with Gasteiger partial charge in [-0.15, -0.1) is 0 Å². The van der Waals surface area contributed by atoms with Crippen LogP contribution < -0.4 is 10.1 Å². The molecule has 28 heavy (non-hydrogen) atoms. The smallest absolute Gasteiger partial charge is 0.238 e. The predicted octanol–water partition coefficient (Wildman–Crippen LogP) is 3.59. The lowest BCUT2D eigenvalue weighted by Gasteiger charge is -2.34. The molecule has 2 aromatic rings. The number of hydrogen-bond donors (Lipinski definition) is 1. The largest absolute Gasteiger partial charge is 0.491 e. The van der Waals surface area contributed by atoms with E-state index in [1.807, 2.05) is 43.3 Å². The fraction of sp³-hybridized carbons (Fsp3) is 0.409. The van der Waals surface area contributed by atoms with E-state index < -0.39 is 0 Å². The number of halogens is 1. The summed E-state index contributed by atoms with van der Waals surface area (Å²) in [7, 11) is 0. The first-order chi connectivity index (χ1) is 13.5. The van der Waals surface area contributed by atoms with Gasteiger partial charge in [0.25, 0.3) is 0 Å². The van der Waals surface area contributed by atoms with Gasteiger partial charge in [0.05, 0.1) is 11.6 Å². The van der Waals surface area contributed by atoms with Crippen LogP contribution in [0.4, 0.5) is 5.69 Å². The minimum absolute atomic E-state index is 0.0439. The molecule has 0 atom stereocenters. The number of carbonyl (C=O) groups is 1. The molecule has 5 nitrogen and oxygen atoms in total. The van der Waals surface area contributed by atoms with Crippen molar-refractivity contribution in [1.29, 1.82) is 0 Å². The monoisotopic (exact) mass is 401 g/mol. The Morgan fingerprint density at radius 3 is 2.50 bits per heavy atom. The lowest BCUT2D eigenvalue weighted by atomic mass is 10.1. The number of ether oxygens (including phenoxy) is 1. The number of para-hydroxylation sites is 1. The van der Waals surface area contributed by atoms with Gasteiger partial charge in [0.15, 0.2) is 0 Å². The highest BCUT2D eigenvalue weighted by atomic mass is 35.5. The first kappa shape index (κ1) is 20.6. The number of anilines is 1. The van der Waals surface area contributed by atoms with Crippen LogP contribution in [0, 0.1) is 13.8 Å². The number of rotatable bonds is 7. The first-order valence-corrected chi connectivity index (χ1v) is 10.1. The van der Waals surface area contributed by atoms with E-state index in [2.05, 4.69) is 28.1 Å². The third-order valence-electron chi connectivity index (χ3n) is 4.99. The number of nitrogens with one attached hydrogen (secondary N) is 1. The molecule has 1 N–H and O–H groups in total. The number of nitrogens with zero attached hydrogens (tertiary/aromatic N) is 2. The fourth-order valence-electron chi connectivity index (χ4n) is 3.36. The van der Waals surface area contributed by atoms with E-state index in [1.54, 1.807) is 0 Å². The molecule has 1 aliphatic rings. The molecule has 1 heterocycles.